The summed E-state index contributed by atoms with van der Waals surface area (Å²) >= 11 is 0. The van der Waals surface area contributed by atoms with Crippen LogP contribution in [0.25, 0.3) is 0 Å². The second kappa shape index (κ2) is 3.73. The van der Waals surface area contributed by atoms with Gasteiger partial charge < -0.3 is 0 Å². The summed E-state index contributed by atoms with van der Waals surface area (Å²) < 4.78 is 2.04. The number of rotatable bonds is 2. The van der Waals surface area contributed by atoms with Gasteiger partial charge in [-0.25, -0.2) is 0 Å². The Morgan fingerprint density at radius 1 is 1.50 bits per heavy atom. The third kappa shape index (κ3) is 1.69. The lowest BCUT2D eigenvalue weighted by Gasteiger charge is -2.17. The molecule has 1 fully saturated rings. The Morgan fingerprint density at radius 3 is 2.79 bits per heavy atom. The van der Waals surface area contributed by atoms with Gasteiger partial charge in [-0.1, -0.05) is 0 Å². The van der Waals surface area contributed by atoms with Crippen molar-refractivity contribution in [2.45, 2.75) is 38.8 Å². The molecule has 1 aromatic heterocycles. The van der Waals surface area contributed by atoms with Gasteiger partial charge in [0, 0.05) is 23.8 Å². The van der Waals surface area contributed by atoms with E-state index in [1.165, 1.54) is 24.9 Å². The Hall–Kier alpha value is -0.830. The van der Waals surface area contributed by atoms with Crippen LogP contribution in [-0.2, 0) is 0 Å². The third-order valence-electron chi connectivity index (χ3n) is 3.06. The van der Waals surface area contributed by atoms with Crippen molar-refractivity contribution in [1.29, 1.82) is 0 Å². The van der Waals surface area contributed by atoms with E-state index in [1.54, 1.807) is 0 Å². The molecule has 1 saturated heterocycles. The van der Waals surface area contributed by atoms with E-state index in [0.717, 1.165) is 0 Å². The fourth-order valence-electron chi connectivity index (χ4n) is 2.14. The molecular formula is C11H19N3. The number of nitrogens with zero attached hydrogens (tertiary/aromatic N) is 3. The molecular weight excluding hydrogens is 174 g/mol. The van der Waals surface area contributed by atoms with Crippen LogP contribution in [0.5, 0.6) is 0 Å². The Bertz CT molecular complexity index is 303. The lowest BCUT2D eigenvalue weighted by Crippen LogP contribution is -2.16. The first kappa shape index (κ1) is 9.71. The summed E-state index contributed by atoms with van der Waals surface area (Å²) in [6, 6.07) is 1.07. The maximum Gasteiger partial charge on any atom is 0.0537 e. The molecule has 0 amide bonds. The zero-order valence-corrected chi connectivity index (χ0v) is 9.27. The molecule has 2 rings (SSSR count). The van der Waals surface area contributed by atoms with E-state index in [4.69, 9.17) is 0 Å². The maximum atomic E-state index is 4.38. The average molecular weight is 193 g/mol. The molecule has 0 aromatic carbocycles. The van der Waals surface area contributed by atoms with Gasteiger partial charge in [-0.2, -0.15) is 5.10 Å². The first-order chi connectivity index (χ1) is 6.68. The molecule has 3 nitrogen and oxygen atoms in total. The summed E-state index contributed by atoms with van der Waals surface area (Å²) in [5, 5.41) is 4.38. The Morgan fingerprint density at radius 2 is 2.29 bits per heavy atom. The number of aromatic nitrogens is 2. The largest absolute Gasteiger partial charge is 0.299 e. The molecule has 0 saturated carbocycles. The van der Waals surface area contributed by atoms with Crippen LogP contribution in [0.1, 0.15) is 44.3 Å². The van der Waals surface area contributed by atoms with Crippen molar-refractivity contribution in [3.63, 3.8) is 0 Å². The summed E-state index contributed by atoms with van der Waals surface area (Å²) in [5.74, 6) is 0. The van der Waals surface area contributed by atoms with Crippen LogP contribution in [-0.4, -0.2) is 28.3 Å². The minimum Gasteiger partial charge on any atom is -0.299 e. The summed E-state index contributed by atoms with van der Waals surface area (Å²) in [5.41, 5.74) is 1.37. The number of hydrogen-bond donors (Lipinski definition) is 0. The Kier molecular flexibility index (Phi) is 2.59. The normalized spacial score (nSPS) is 23.6. The predicted molar refractivity (Wildman–Crippen MR) is 57.2 cm³/mol. The van der Waals surface area contributed by atoms with Gasteiger partial charge in [0.05, 0.1) is 6.20 Å². The summed E-state index contributed by atoms with van der Waals surface area (Å²) in [6.07, 6.45) is 6.80. The topological polar surface area (TPSA) is 21.1 Å². The van der Waals surface area contributed by atoms with Gasteiger partial charge in [0.25, 0.3) is 0 Å². The summed E-state index contributed by atoms with van der Waals surface area (Å²) in [4.78, 5) is 2.42. The smallest absolute Gasteiger partial charge is 0.0537 e. The van der Waals surface area contributed by atoms with Crippen molar-refractivity contribution >= 4 is 0 Å². The van der Waals surface area contributed by atoms with Crippen LogP contribution in [0.2, 0.25) is 0 Å². The van der Waals surface area contributed by atoms with E-state index in [2.05, 4.69) is 37.1 Å². The monoisotopic (exact) mass is 193 g/mol. The van der Waals surface area contributed by atoms with Gasteiger partial charge in [0.15, 0.2) is 0 Å². The second-order valence-electron chi connectivity index (χ2n) is 4.49. The van der Waals surface area contributed by atoms with Gasteiger partial charge in [-0.05, 0) is 40.3 Å². The van der Waals surface area contributed by atoms with Crippen LogP contribution >= 0.6 is 0 Å². The first-order valence-electron chi connectivity index (χ1n) is 5.43. The second-order valence-corrected chi connectivity index (χ2v) is 4.49. The maximum absolute atomic E-state index is 4.38. The van der Waals surface area contributed by atoms with Crippen molar-refractivity contribution in [1.82, 2.24) is 14.7 Å². The molecule has 3 heteroatoms. The lowest BCUT2D eigenvalue weighted by atomic mass is 10.1. The van der Waals surface area contributed by atoms with E-state index in [1.807, 2.05) is 10.9 Å². The quantitative estimate of drug-likeness (QED) is 0.718. The summed E-state index contributed by atoms with van der Waals surface area (Å²) in [6.45, 7) is 5.54. The van der Waals surface area contributed by atoms with Crippen LogP contribution in [0.4, 0.5) is 0 Å². The highest BCUT2D eigenvalue weighted by atomic mass is 15.3. The fraction of sp³-hybridized carbons (Fsp3) is 0.727. The van der Waals surface area contributed by atoms with Gasteiger partial charge >= 0.3 is 0 Å². The van der Waals surface area contributed by atoms with E-state index < -0.39 is 0 Å². The zero-order chi connectivity index (χ0) is 10.1. The molecule has 0 bridgehead atoms. The molecule has 78 valence electrons. The van der Waals surface area contributed by atoms with Crippen LogP contribution in [0, 0.1) is 0 Å². The van der Waals surface area contributed by atoms with Crippen molar-refractivity contribution in [3.8, 4) is 0 Å². The predicted octanol–water partition coefficient (Wildman–Crippen LogP) is 2.23. The van der Waals surface area contributed by atoms with Gasteiger partial charge in [-0.15, -0.1) is 0 Å². The Balaban J connectivity index is 2.16. The molecule has 1 aliphatic rings. The molecule has 0 aliphatic carbocycles. The highest BCUT2D eigenvalue weighted by Gasteiger charge is 2.23. The third-order valence-corrected chi connectivity index (χ3v) is 3.06. The Labute approximate surface area is 85.7 Å². The van der Waals surface area contributed by atoms with E-state index in [0.29, 0.717) is 12.1 Å². The van der Waals surface area contributed by atoms with E-state index in [-0.39, 0.29) is 0 Å². The SMILES string of the molecule is CC(C)n1cc([C@H]2CCCN2C)cn1. The van der Waals surface area contributed by atoms with Crippen molar-refractivity contribution in [2.24, 2.45) is 0 Å². The zero-order valence-electron chi connectivity index (χ0n) is 9.27. The number of hydrogen-bond acceptors (Lipinski definition) is 2. The molecule has 14 heavy (non-hydrogen) atoms. The fourth-order valence-corrected chi connectivity index (χ4v) is 2.14. The van der Waals surface area contributed by atoms with Crippen LogP contribution in [0.15, 0.2) is 12.4 Å². The van der Waals surface area contributed by atoms with Crippen molar-refractivity contribution in [2.75, 3.05) is 13.6 Å². The minimum atomic E-state index is 0.468. The van der Waals surface area contributed by atoms with Crippen LogP contribution in [0.3, 0.4) is 0 Å². The van der Waals surface area contributed by atoms with Crippen LogP contribution < -0.4 is 0 Å². The molecule has 0 spiro atoms. The summed E-state index contributed by atoms with van der Waals surface area (Å²) in [7, 11) is 2.20. The molecule has 0 radical (unpaired) electrons. The molecule has 1 aliphatic heterocycles. The van der Waals surface area contributed by atoms with Crippen molar-refractivity contribution < 1.29 is 0 Å². The lowest BCUT2D eigenvalue weighted by molar-refractivity contribution is 0.317. The van der Waals surface area contributed by atoms with Gasteiger partial charge in [-0.3, -0.25) is 9.58 Å². The molecule has 2 heterocycles. The first-order valence-corrected chi connectivity index (χ1v) is 5.43. The molecule has 0 unspecified atom stereocenters. The standard InChI is InChI=1S/C11H19N3/c1-9(2)14-8-10(7-12-14)11-5-4-6-13(11)3/h7-9,11H,4-6H2,1-3H3/t11-/m1/s1. The highest BCUT2D eigenvalue weighted by molar-refractivity contribution is 5.12. The number of likely N-dealkylation sites (tertiary alicyclic amines) is 1. The van der Waals surface area contributed by atoms with Gasteiger partial charge in [0.1, 0.15) is 0 Å². The van der Waals surface area contributed by atoms with Crippen molar-refractivity contribution in [3.05, 3.63) is 18.0 Å². The van der Waals surface area contributed by atoms with Gasteiger partial charge in [0.2, 0.25) is 0 Å². The average Bonchev–Trinajstić information content (AvgIpc) is 2.71. The molecule has 1 atom stereocenters. The molecule has 0 N–H and O–H groups in total. The van der Waals surface area contributed by atoms with E-state index in [9.17, 15) is 0 Å². The molecule has 1 aromatic rings. The highest BCUT2D eigenvalue weighted by Crippen LogP contribution is 2.30. The minimum absolute atomic E-state index is 0.468. The van der Waals surface area contributed by atoms with E-state index >= 15 is 0 Å².